The van der Waals surface area contributed by atoms with E-state index in [-0.39, 0.29) is 12.3 Å². The van der Waals surface area contributed by atoms with Crippen LogP contribution in [0.1, 0.15) is 12.5 Å². The Morgan fingerprint density at radius 3 is 2.65 bits per heavy atom. The van der Waals surface area contributed by atoms with Gasteiger partial charge in [-0.25, -0.2) is 4.79 Å². The minimum atomic E-state index is -0.648. The topological polar surface area (TPSA) is 84.3 Å². The fourth-order valence-electron chi connectivity index (χ4n) is 1.36. The number of methoxy groups -OCH3 is 1. The molecule has 0 bridgehead atoms. The lowest BCUT2D eigenvalue weighted by Gasteiger charge is -2.00. The van der Waals surface area contributed by atoms with E-state index in [0.29, 0.717) is 0 Å². The fourth-order valence-corrected chi connectivity index (χ4v) is 1.36. The molecule has 0 aliphatic carbocycles. The molecule has 0 heterocycles. The third-order valence-corrected chi connectivity index (χ3v) is 2.30. The molecule has 6 nitrogen and oxygen atoms in total. The Kier molecular flexibility index (Phi) is 6.44. The van der Waals surface area contributed by atoms with Crippen LogP contribution in [0.5, 0.6) is 5.75 Å². The maximum absolute atomic E-state index is 11.5. The smallest absolute Gasteiger partial charge is 0.340 e. The summed E-state index contributed by atoms with van der Waals surface area (Å²) in [6, 6.07) is 7.37. The number of carbonyl (C=O) groups is 1. The maximum Gasteiger partial charge on any atom is 0.340 e. The first-order valence-corrected chi connectivity index (χ1v) is 5.96. The highest BCUT2D eigenvalue weighted by atomic mass is 16.5. The van der Waals surface area contributed by atoms with Crippen LogP contribution in [0.15, 0.2) is 47.2 Å². The highest BCUT2D eigenvalue weighted by Gasteiger charge is 2.06. The van der Waals surface area contributed by atoms with Crippen molar-refractivity contribution in [3.8, 4) is 5.75 Å². The van der Waals surface area contributed by atoms with Crippen molar-refractivity contribution in [2.24, 2.45) is 5.11 Å². The van der Waals surface area contributed by atoms with Crippen LogP contribution in [-0.4, -0.2) is 19.7 Å². The molecule has 1 rings (SSSR count). The van der Waals surface area contributed by atoms with Gasteiger partial charge in [0.15, 0.2) is 0 Å². The number of allylic oxidation sites excluding steroid dienone is 2. The summed E-state index contributed by atoms with van der Waals surface area (Å²) < 4.78 is 9.82. The molecule has 0 aliphatic rings. The molecule has 0 atom stereocenters. The predicted molar refractivity (Wildman–Crippen MR) is 75.9 cm³/mol. The van der Waals surface area contributed by atoms with Crippen LogP contribution in [0.2, 0.25) is 0 Å². The zero-order valence-electron chi connectivity index (χ0n) is 11.3. The molecule has 0 saturated heterocycles. The number of carbonyl (C=O) groups excluding carboxylic acids is 1. The van der Waals surface area contributed by atoms with Gasteiger partial charge in [-0.2, -0.15) is 0 Å². The van der Waals surface area contributed by atoms with E-state index < -0.39 is 5.97 Å². The third kappa shape index (κ3) is 4.88. The Morgan fingerprint density at radius 2 is 2.10 bits per heavy atom. The molecule has 0 aromatic heterocycles. The van der Waals surface area contributed by atoms with Crippen molar-refractivity contribution >= 4 is 12.0 Å². The van der Waals surface area contributed by atoms with Gasteiger partial charge in [0, 0.05) is 4.91 Å². The third-order valence-electron chi connectivity index (χ3n) is 2.30. The number of esters is 1. The van der Waals surface area contributed by atoms with Crippen molar-refractivity contribution < 1.29 is 14.3 Å². The van der Waals surface area contributed by atoms with Gasteiger partial charge < -0.3 is 9.47 Å². The first-order chi connectivity index (χ1) is 9.71. The fraction of sp³-hybridized carbons (Fsp3) is 0.214. The van der Waals surface area contributed by atoms with E-state index in [1.54, 1.807) is 26.2 Å². The van der Waals surface area contributed by atoms with Gasteiger partial charge >= 0.3 is 5.97 Å². The quantitative estimate of drug-likeness (QED) is 0.199. The van der Waals surface area contributed by atoms with Gasteiger partial charge in [-0.3, -0.25) is 0 Å². The van der Waals surface area contributed by atoms with Gasteiger partial charge in [-0.05, 0) is 36.2 Å². The number of hydrogen-bond donors (Lipinski definition) is 0. The van der Waals surface area contributed by atoms with Crippen molar-refractivity contribution in [1.29, 1.82) is 0 Å². The van der Waals surface area contributed by atoms with Gasteiger partial charge in [0.25, 0.3) is 0 Å². The number of nitrogens with zero attached hydrogens (tertiary/aromatic N) is 3. The molecular formula is C14H15N3O3. The average molecular weight is 273 g/mol. The summed E-state index contributed by atoms with van der Waals surface area (Å²) in [4.78, 5) is 14.0. The van der Waals surface area contributed by atoms with Gasteiger partial charge in [-0.1, -0.05) is 29.4 Å². The highest BCUT2D eigenvalue weighted by molar-refractivity contribution is 5.88. The summed E-state index contributed by atoms with van der Waals surface area (Å²) in [6.45, 7) is 1.90. The normalized spacial score (nSPS) is 11.0. The molecule has 0 unspecified atom stereocenters. The zero-order chi connectivity index (χ0) is 14.8. The monoisotopic (exact) mass is 273 g/mol. The average Bonchev–Trinajstić information content (AvgIpc) is 2.47. The van der Waals surface area contributed by atoms with Crippen LogP contribution in [-0.2, 0) is 9.53 Å². The van der Waals surface area contributed by atoms with Crippen molar-refractivity contribution in [3.63, 3.8) is 0 Å². The van der Waals surface area contributed by atoms with Crippen molar-refractivity contribution in [2.75, 3.05) is 13.7 Å². The van der Waals surface area contributed by atoms with Gasteiger partial charge in [0.2, 0.25) is 0 Å². The van der Waals surface area contributed by atoms with Crippen LogP contribution in [0.25, 0.3) is 16.5 Å². The Hall–Kier alpha value is -2.72. The summed E-state index contributed by atoms with van der Waals surface area (Å²) >= 11 is 0. The van der Waals surface area contributed by atoms with E-state index in [4.69, 9.17) is 15.0 Å². The molecular weight excluding hydrogens is 258 g/mol. The minimum absolute atomic E-state index is 0.0842. The van der Waals surface area contributed by atoms with Crippen LogP contribution in [0, 0.1) is 0 Å². The Bertz CT molecular complexity index is 556. The summed E-state index contributed by atoms with van der Waals surface area (Å²) in [7, 11) is 1.60. The second kappa shape index (κ2) is 8.39. The molecule has 104 valence electrons. The van der Waals surface area contributed by atoms with Crippen LogP contribution in [0.3, 0.4) is 0 Å². The van der Waals surface area contributed by atoms with Crippen molar-refractivity contribution in [1.82, 2.24) is 0 Å². The largest absolute Gasteiger partial charge is 0.497 e. The first-order valence-electron chi connectivity index (χ1n) is 5.96. The van der Waals surface area contributed by atoms with Crippen molar-refractivity contribution in [3.05, 3.63) is 58.1 Å². The Labute approximate surface area is 116 Å². The summed E-state index contributed by atoms with van der Waals surface area (Å²) in [5.41, 5.74) is 9.24. The first kappa shape index (κ1) is 15.3. The molecule has 20 heavy (non-hydrogen) atoms. The second-order valence-corrected chi connectivity index (χ2v) is 3.59. The zero-order valence-corrected chi connectivity index (χ0v) is 11.3. The van der Waals surface area contributed by atoms with Crippen LogP contribution >= 0.6 is 0 Å². The van der Waals surface area contributed by atoms with Crippen molar-refractivity contribution in [2.45, 2.75) is 6.92 Å². The van der Waals surface area contributed by atoms with E-state index in [0.717, 1.165) is 11.3 Å². The van der Waals surface area contributed by atoms with Gasteiger partial charge in [-0.15, -0.1) is 0 Å². The molecule has 6 heteroatoms. The van der Waals surface area contributed by atoms with Gasteiger partial charge in [0.05, 0.1) is 13.7 Å². The number of benzene rings is 1. The Morgan fingerprint density at radius 1 is 1.40 bits per heavy atom. The van der Waals surface area contributed by atoms with E-state index in [9.17, 15) is 4.79 Å². The molecule has 0 N–H and O–H groups in total. The molecule has 1 aromatic rings. The maximum atomic E-state index is 11.5. The van der Waals surface area contributed by atoms with E-state index in [1.807, 2.05) is 24.3 Å². The summed E-state index contributed by atoms with van der Waals surface area (Å²) in [5, 5.41) is 3.30. The minimum Gasteiger partial charge on any atom is -0.497 e. The Balaban J connectivity index is 2.82. The van der Waals surface area contributed by atoms with E-state index in [2.05, 4.69) is 10.0 Å². The molecule has 0 fully saturated rings. The lowest BCUT2D eigenvalue weighted by atomic mass is 10.2. The second-order valence-electron chi connectivity index (χ2n) is 3.59. The van der Waals surface area contributed by atoms with Gasteiger partial charge in [0.1, 0.15) is 11.4 Å². The molecule has 0 amide bonds. The highest BCUT2D eigenvalue weighted by Crippen LogP contribution is 2.12. The number of rotatable bonds is 6. The van der Waals surface area contributed by atoms with Crippen LogP contribution < -0.4 is 4.74 Å². The number of ether oxygens (including phenoxy) is 2. The van der Waals surface area contributed by atoms with E-state index in [1.165, 1.54) is 6.08 Å². The standard InChI is InChI=1S/C14H15N3O3/c1-3-20-14(18)13(16-17-15)6-4-5-11-7-9-12(19-2)10-8-11/h4-10H,3H2,1-2H3/b5-4+,13-6-. The number of azide groups is 1. The lowest BCUT2D eigenvalue weighted by molar-refractivity contribution is -0.138. The molecule has 0 radical (unpaired) electrons. The SMILES string of the molecule is CCOC(=O)/C(=C/C=C/c1ccc(OC)cc1)N=[N+]=[N-]. The van der Waals surface area contributed by atoms with E-state index >= 15 is 0 Å². The number of hydrogen-bond acceptors (Lipinski definition) is 4. The summed E-state index contributed by atoms with van der Waals surface area (Å²) in [5.74, 6) is 0.115. The summed E-state index contributed by atoms with van der Waals surface area (Å²) in [6.07, 6.45) is 4.79. The molecule has 0 spiro atoms. The lowest BCUT2D eigenvalue weighted by Crippen LogP contribution is -2.05. The van der Waals surface area contributed by atoms with Crippen LogP contribution in [0.4, 0.5) is 0 Å². The molecule has 0 aliphatic heterocycles. The molecule has 0 saturated carbocycles. The predicted octanol–water partition coefficient (Wildman–Crippen LogP) is 3.47. The molecule has 1 aromatic carbocycles.